The van der Waals surface area contributed by atoms with E-state index in [9.17, 15) is 4.79 Å². The predicted octanol–water partition coefficient (Wildman–Crippen LogP) is 0.603. The number of rotatable bonds is 7. The molecule has 1 rings (SSSR count). The zero-order valence-electron chi connectivity index (χ0n) is 9.96. The van der Waals surface area contributed by atoms with Crippen molar-refractivity contribution >= 4 is 5.91 Å². The van der Waals surface area contributed by atoms with Crippen molar-refractivity contribution in [2.75, 3.05) is 26.9 Å². The summed E-state index contributed by atoms with van der Waals surface area (Å²) >= 11 is 0. The number of piperidine rings is 1. The summed E-state index contributed by atoms with van der Waals surface area (Å²) in [5.74, 6) is -0.0523. The van der Waals surface area contributed by atoms with Crippen molar-refractivity contribution in [3.63, 3.8) is 0 Å². The van der Waals surface area contributed by atoms with Gasteiger partial charge in [-0.2, -0.15) is 0 Å². The molecule has 5 heteroatoms. The molecule has 1 aliphatic heterocycles. The quantitative estimate of drug-likeness (QED) is 0.497. The van der Waals surface area contributed by atoms with Crippen LogP contribution < -0.4 is 10.8 Å². The van der Waals surface area contributed by atoms with Crippen molar-refractivity contribution in [2.45, 2.75) is 38.1 Å². The van der Waals surface area contributed by atoms with Gasteiger partial charge in [-0.15, -0.1) is 0 Å². The normalized spacial score (nSPS) is 20.7. The maximum Gasteiger partial charge on any atom is 0.243 e. The zero-order chi connectivity index (χ0) is 11.6. The van der Waals surface area contributed by atoms with Crippen LogP contribution in [-0.4, -0.2) is 38.8 Å². The molecule has 94 valence electrons. The minimum absolute atomic E-state index is 0.0523. The van der Waals surface area contributed by atoms with Gasteiger partial charge in [0.2, 0.25) is 5.91 Å². The number of carbonyl (C=O) groups excluding carboxylic acids is 1. The van der Waals surface area contributed by atoms with Gasteiger partial charge in [0.1, 0.15) is 0 Å². The van der Waals surface area contributed by atoms with E-state index in [1.54, 1.807) is 7.11 Å². The Labute approximate surface area is 96.8 Å². The minimum atomic E-state index is -0.0523. The highest BCUT2D eigenvalue weighted by atomic mass is 16.7. The Bertz CT molecular complexity index is 194. The van der Waals surface area contributed by atoms with Gasteiger partial charge in [-0.1, -0.05) is 6.42 Å². The van der Waals surface area contributed by atoms with Crippen molar-refractivity contribution in [1.82, 2.24) is 10.8 Å². The smallest absolute Gasteiger partial charge is 0.243 e. The summed E-state index contributed by atoms with van der Waals surface area (Å²) in [4.78, 5) is 16.3. The molecule has 1 aliphatic rings. The first-order valence-electron chi connectivity index (χ1n) is 5.96. The molecule has 0 aliphatic carbocycles. The topological polar surface area (TPSA) is 59.6 Å². The van der Waals surface area contributed by atoms with E-state index in [1.807, 2.05) is 0 Å². The Morgan fingerprint density at radius 1 is 1.44 bits per heavy atom. The average Bonchev–Trinajstić information content (AvgIpc) is 2.33. The summed E-state index contributed by atoms with van der Waals surface area (Å²) in [5, 5.41) is 3.41. The Morgan fingerprint density at radius 3 is 3.00 bits per heavy atom. The average molecular weight is 230 g/mol. The first kappa shape index (κ1) is 13.4. The molecular weight excluding hydrogens is 208 g/mol. The van der Waals surface area contributed by atoms with Gasteiger partial charge in [0, 0.05) is 19.6 Å². The fourth-order valence-corrected chi connectivity index (χ4v) is 1.78. The van der Waals surface area contributed by atoms with Gasteiger partial charge in [-0.05, 0) is 25.8 Å². The maximum atomic E-state index is 11.3. The largest absolute Gasteiger partial charge is 0.382 e. The molecule has 0 saturated carbocycles. The molecular formula is C11H22N2O3. The Kier molecular flexibility index (Phi) is 7.12. The number of hydrogen-bond donors (Lipinski definition) is 2. The highest BCUT2D eigenvalue weighted by Gasteiger charge is 2.13. The van der Waals surface area contributed by atoms with Crippen LogP contribution in [0.4, 0.5) is 0 Å². The van der Waals surface area contributed by atoms with Crippen molar-refractivity contribution < 1.29 is 14.4 Å². The molecule has 1 saturated heterocycles. The third kappa shape index (κ3) is 6.05. The van der Waals surface area contributed by atoms with E-state index in [2.05, 4.69) is 10.8 Å². The Balaban J connectivity index is 1.96. The number of hydroxylamine groups is 1. The van der Waals surface area contributed by atoms with Crippen LogP contribution >= 0.6 is 0 Å². The second-order valence-electron chi connectivity index (χ2n) is 4.05. The Morgan fingerprint density at radius 2 is 2.31 bits per heavy atom. The molecule has 0 radical (unpaired) electrons. The SMILES string of the molecule is COCCONC(=O)CCC1CCCCN1. The molecule has 5 nitrogen and oxygen atoms in total. The molecule has 2 N–H and O–H groups in total. The van der Waals surface area contributed by atoms with Crippen LogP contribution in [0.2, 0.25) is 0 Å². The molecule has 0 aromatic rings. The molecule has 1 atom stereocenters. The number of ether oxygens (including phenoxy) is 1. The first-order chi connectivity index (χ1) is 7.83. The van der Waals surface area contributed by atoms with Gasteiger partial charge in [0.25, 0.3) is 0 Å². The standard InChI is InChI=1S/C11H22N2O3/c1-15-8-9-16-13-11(14)6-5-10-4-2-3-7-12-10/h10,12H,2-9H2,1H3,(H,13,14). The van der Waals surface area contributed by atoms with Crippen LogP contribution in [-0.2, 0) is 14.4 Å². The molecule has 1 amide bonds. The van der Waals surface area contributed by atoms with E-state index in [-0.39, 0.29) is 5.91 Å². The molecule has 1 unspecified atom stereocenters. The van der Waals surface area contributed by atoms with Crippen molar-refractivity contribution in [1.29, 1.82) is 0 Å². The van der Waals surface area contributed by atoms with Crippen LogP contribution in [0.1, 0.15) is 32.1 Å². The van der Waals surface area contributed by atoms with Crippen LogP contribution in [0.5, 0.6) is 0 Å². The van der Waals surface area contributed by atoms with Gasteiger partial charge < -0.3 is 10.1 Å². The van der Waals surface area contributed by atoms with E-state index in [4.69, 9.17) is 9.57 Å². The van der Waals surface area contributed by atoms with Gasteiger partial charge in [0.05, 0.1) is 13.2 Å². The van der Waals surface area contributed by atoms with Crippen LogP contribution in [0, 0.1) is 0 Å². The van der Waals surface area contributed by atoms with E-state index in [0.717, 1.165) is 13.0 Å². The number of hydrogen-bond acceptors (Lipinski definition) is 4. The lowest BCUT2D eigenvalue weighted by atomic mass is 10.0. The maximum absolute atomic E-state index is 11.3. The van der Waals surface area contributed by atoms with E-state index < -0.39 is 0 Å². The summed E-state index contributed by atoms with van der Waals surface area (Å²) < 4.78 is 4.79. The Hall–Kier alpha value is -0.650. The molecule has 0 spiro atoms. The number of amides is 1. The lowest BCUT2D eigenvalue weighted by Gasteiger charge is -2.22. The number of methoxy groups -OCH3 is 1. The molecule has 1 fully saturated rings. The summed E-state index contributed by atoms with van der Waals surface area (Å²) in [5.41, 5.74) is 2.41. The van der Waals surface area contributed by atoms with E-state index in [1.165, 1.54) is 19.3 Å². The lowest BCUT2D eigenvalue weighted by Crippen LogP contribution is -2.35. The van der Waals surface area contributed by atoms with Gasteiger partial charge in [-0.3, -0.25) is 9.63 Å². The second kappa shape index (κ2) is 8.50. The monoisotopic (exact) mass is 230 g/mol. The van der Waals surface area contributed by atoms with Crippen molar-refractivity contribution in [2.24, 2.45) is 0 Å². The van der Waals surface area contributed by atoms with Crippen LogP contribution in [0.3, 0.4) is 0 Å². The minimum Gasteiger partial charge on any atom is -0.382 e. The van der Waals surface area contributed by atoms with E-state index >= 15 is 0 Å². The highest BCUT2D eigenvalue weighted by molar-refractivity contribution is 5.74. The van der Waals surface area contributed by atoms with Crippen LogP contribution in [0.15, 0.2) is 0 Å². The van der Waals surface area contributed by atoms with Crippen LogP contribution in [0.25, 0.3) is 0 Å². The van der Waals surface area contributed by atoms with Gasteiger partial charge in [0.15, 0.2) is 0 Å². The lowest BCUT2D eigenvalue weighted by molar-refractivity contribution is -0.134. The molecule has 16 heavy (non-hydrogen) atoms. The number of carbonyl (C=O) groups is 1. The van der Waals surface area contributed by atoms with Crippen molar-refractivity contribution in [3.8, 4) is 0 Å². The summed E-state index contributed by atoms with van der Waals surface area (Å²) in [6, 6.07) is 0.499. The fraction of sp³-hybridized carbons (Fsp3) is 0.909. The second-order valence-corrected chi connectivity index (χ2v) is 4.05. The molecule has 1 heterocycles. The van der Waals surface area contributed by atoms with Gasteiger partial charge >= 0.3 is 0 Å². The number of nitrogens with one attached hydrogen (secondary N) is 2. The third-order valence-electron chi connectivity index (χ3n) is 2.71. The summed E-state index contributed by atoms with van der Waals surface area (Å²) in [6.07, 6.45) is 5.11. The van der Waals surface area contributed by atoms with Gasteiger partial charge in [-0.25, -0.2) is 5.48 Å². The summed E-state index contributed by atoms with van der Waals surface area (Å²) in [7, 11) is 1.60. The highest BCUT2D eigenvalue weighted by Crippen LogP contribution is 2.11. The fourth-order valence-electron chi connectivity index (χ4n) is 1.78. The predicted molar refractivity (Wildman–Crippen MR) is 60.8 cm³/mol. The zero-order valence-corrected chi connectivity index (χ0v) is 9.96. The summed E-state index contributed by atoms with van der Waals surface area (Å²) in [6.45, 7) is 1.96. The molecule has 0 aromatic carbocycles. The van der Waals surface area contributed by atoms with Crippen molar-refractivity contribution in [3.05, 3.63) is 0 Å². The van der Waals surface area contributed by atoms with E-state index in [0.29, 0.717) is 25.7 Å². The molecule has 0 aromatic heterocycles. The molecule has 0 bridgehead atoms. The third-order valence-corrected chi connectivity index (χ3v) is 2.71. The first-order valence-corrected chi connectivity index (χ1v) is 5.96.